The molecule has 1 aromatic carbocycles. The molecular formula is C26H34F2N6O7. The number of hydrogen-bond acceptors (Lipinski definition) is 10. The number of halogens is 2. The summed E-state index contributed by atoms with van der Waals surface area (Å²) >= 11 is 0. The normalized spacial score (nSPS) is 25.0. The minimum Gasteiger partial charge on any atom is -0.453 e. The van der Waals surface area contributed by atoms with Gasteiger partial charge in [0.2, 0.25) is 5.91 Å². The average molecular weight is 581 g/mol. The van der Waals surface area contributed by atoms with Crippen LogP contribution in [0.1, 0.15) is 26.2 Å². The van der Waals surface area contributed by atoms with Crippen molar-refractivity contribution in [3.8, 4) is 0 Å². The minimum atomic E-state index is -1.10. The Bertz CT molecular complexity index is 1200. The summed E-state index contributed by atoms with van der Waals surface area (Å²) in [6.45, 7) is 2.66. The van der Waals surface area contributed by atoms with Crippen LogP contribution >= 0.6 is 0 Å². The molecule has 2 unspecified atom stereocenters. The molecule has 2 saturated heterocycles. The summed E-state index contributed by atoms with van der Waals surface area (Å²) in [6.07, 6.45) is -0.635. The van der Waals surface area contributed by atoms with E-state index in [1.165, 1.54) is 12.0 Å². The number of piperazine rings is 1. The first kappa shape index (κ1) is 28.8. The van der Waals surface area contributed by atoms with Gasteiger partial charge in [0.15, 0.2) is 11.6 Å². The third kappa shape index (κ3) is 6.30. The number of amides is 3. The lowest BCUT2D eigenvalue weighted by atomic mass is 9.94. The summed E-state index contributed by atoms with van der Waals surface area (Å²) in [6, 6.07) is 2.12. The number of rotatable bonds is 9. The smallest absolute Gasteiger partial charge is 0.414 e. The zero-order valence-electron chi connectivity index (χ0n) is 22.9. The monoisotopic (exact) mass is 580 g/mol. The summed E-state index contributed by atoms with van der Waals surface area (Å²) in [5.74, 6) is -1.53. The van der Waals surface area contributed by atoms with Gasteiger partial charge in [0, 0.05) is 50.7 Å². The first-order valence-electron chi connectivity index (χ1n) is 13.6. The molecule has 13 nitrogen and oxygen atoms in total. The Balaban J connectivity index is 1.11. The van der Waals surface area contributed by atoms with E-state index in [1.807, 2.05) is 6.92 Å². The van der Waals surface area contributed by atoms with Gasteiger partial charge in [-0.05, 0) is 19.8 Å². The second-order valence-corrected chi connectivity index (χ2v) is 10.8. The predicted octanol–water partition coefficient (Wildman–Crippen LogP) is 1.15. The number of methoxy groups -OCH3 is 1. The van der Waals surface area contributed by atoms with Gasteiger partial charge >= 0.3 is 12.2 Å². The molecule has 1 aliphatic carbocycles. The Kier molecular flexibility index (Phi) is 8.18. The molecule has 15 heteroatoms. The molecule has 0 spiro atoms. The van der Waals surface area contributed by atoms with Gasteiger partial charge in [0.1, 0.15) is 29.3 Å². The largest absolute Gasteiger partial charge is 0.453 e. The van der Waals surface area contributed by atoms with Gasteiger partial charge in [-0.1, -0.05) is 5.16 Å². The Hall–Kier alpha value is -3.72. The fraction of sp³-hybridized carbons (Fsp3) is 0.615. The second-order valence-electron chi connectivity index (χ2n) is 10.8. The number of nitrogens with zero attached hydrogens (tertiary/aromatic N) is 4. The quantitative estimate of drug-likeness (QED) is 0.366. The lowest BCUT2D eigenvalue weighted by Crippen LogP contribution is -2.52. The predicted molar refractivity (Wildman–Crippen MR) is 141 cm³/mol. The molecule has 0 aromatic heterocycles. The number of hydrogen-bond donors (Lipinski definition) is 3. The van der Waals surface area contributed by atoms with Crippen molar-refractivity contribution in [2.45, 2.75) is 44.1 Å². The van der Waals surface area contributed by atoms with Gasteiger partial charge in [0.25, 0.3) is 0 Å². The van der Waals surface area contributed by atoms with Crippen LogP contribution < -0.4 is 20.4 Å². The number of oxime groups is 1. The number of anilines is 2. The average Bonchev–Trinajstić information content (AvgIpc) is 3.65. The highest BCUT2D eigenvalue weighted by atomic mass is 19.1. The maximum Gasteiger partial charge on any atom is 0.414 e. The SMILES string of the molecule is COC(=O)NC[C@H]1CN(c2cc(F)c(N3CCN(C(=O)CNC(O)C4=NOC(C)(C5CC5)C4)CC3)c(F)c2)C(=O)O1. The van der Waals surface area contributed by atoms with Gasteiger partial charge < -0.3 is 34.5 Å². The van der Waals surface area contributed by atoms with E-state index in [9.17, 15) is 19.5 Å². The molecule has 3 fully saturated rings. The maximum atomic E-state index is 15.1. The third-order valence-electron chi connectivity index (χ3n) is 7.90. The number of benzene rings is 1. The Labute approximate surface area is 235 Å². The summed E-state index contributed by atoms with van der Waals surface area (Å²) in [7, 11) is 1.20. The van der Waals surface area contributed by atoms with Crippen molar-refractivity contribution in [1.29, 1.82) is 0 Å². The minimum absolute atomic E-state index is 0.00915. The summed E-state index contributed by atoms with van der Waals surface area (Å²) in [5, 5.41) is 19.6. The van der Waals surface area contributed by atoms with Gasteiger partial charge in [0.05, 0.1) is 32.4 Å². The van der Waals surface area contributed by atoms with Crippen molar-refractivity contribution in [3.05, 3.63) is 23.8 Å². The standard InChI is InChI=1S/C26H34F2N6O7/c1-26(15-3-4-15)11-20(31-41-26)23(36)29-13-21(35)32-5-7-33(8-6-32)22-18(27)9-16(10-19(22)28)34-14-17(40-25(34)38)12-30-24(37)39-2/h9-10,15,17,23,29,36H,3-8,11-14H2,1-2H3,(H,30,37)/t17-,23?,26?/m0/s1. The van der Waals surface area contributed by atoms with Gasteiger partial charge in [-0.25, -0.2) is 18.4 Å². The topological polar surface area (TPSA) is 145 Å². The van der Waals surface area contributed by atoms with Crippen molar-refractivity contribution in [3.63, 3.8) is 0 Å². The van der Waals surface area contributed by atoms with Crippen LogP contribution in [0.3, 0.4) is 0 Å². The fourth-order valence-corrected chi connectivity index (χ4v) is 5.36. The lowest BCUT2D eigenvalue weighted by Gasteiger charge is -2.36. The van der Waals surface area contributed by atoms with E-state index in [0.29, 0.717) is 18.1 Å². The number of ether oxygens (including phenoxy) is 2. The van der Waals surface area contributed by atoms with Crippen molar-refractivity contribution in [2.75, 3.05) is 62.7 Å². The van der Waals surface area contributed by atoms with E-state index in [2.05, 4.69) is 20.5 Å². The van der Waals surface area contributed by atoms with Crippen LogP contribution in [0.4, 0.5) is 29.7 Å². The summed E-state index contributed by atoms with van der Waals surface area (Å²) in [5.41, 5.74) is -0.196. The summed E-state index contributed by atoms with van der Waals surface area (Å²) in [4.78, 5) is 45.9. The first-order valence-corrected chi connectivity index (χ1v) is 13.6. The molecule has 0 bridgehead atoms. The zero-order chi connectivity index (χ0) is 29.3. The first-order chi connectivity index (χ1) is 19.6. The molecule has 0 radical (unpaired) electrons. The van der Waals surface area contributed by atoms with Crippen LogP contribution in [0.15, 0.2) is 17.3 Å². The molecule has 3 amide bonds. The molecule has 3 heterocycles. The molecule has 3 atom stereocenters. The zero-order valence-corrected chi connectivity index (χ0v) is 22.9. The van der Waals surface area contributed by atoms with E-state index >= 15 is 8.78 Å². The van der Waals surface area contributed by atoms with Crippen LogP contribution in [0.5, 0.6) is 0 Å². The van der Waals surface area contributed by atoms with Crippen molar-refractivity contribution in [2.24, 2.45) is 11.1 Å². The highest BCUT2D eigenvalue weighted by Gasteiger charge is 2.48. The van der Waals surface area contributed by atoms with Crippen molar-refractivity contribution in [1.82, 2.24) is 15.5 Å². The fourth-order valence-electron chi connectivity index (χ4n) is 5.36. The van der Waals surface area contributed by atoms with Gasteiger partial charge in [-0.15, -0.1) is 0 Å². The van der Waals surface area contributed by atoms with E-state index in [-0.39, 0.29) is 63.1 Å². The Morgan fingerprint density at radius 3 is 2.54 bits per heavy atom. The van der Waals surface area contributed by atoms with Crippen LogP contribution in [-0.4, -0.2) is 105 Å². The van der Waals surface area contributed by atoms with E-state index < -0.39 is 41.8 Å². The lowest BCUT2D eigenvalue weighted by molar-refractivity contribution is -0.130. The molecule has 3 N–H and O–H groups in total. The number of aliphatic hydroxyl groups excluding tert-OH is 1. The molecular weight excluding hydrogens is 546 g/mol. The number of carbonyl (C=O) groups is 3. The van der Waals surface area contributed by atoms with Crippen molar-refractivity contribution >= 4 is 35.2 Å². The Morgan fingerprint density at radius 1 is 1.22 bits per heavy atom. The van der Waals surface area contributed by atoms with Crippen LogP contribution in [0.2, 0.25) is 0 Å². The third-order valence-corrected chi connectivity index (χ3v) is 7.90. The van der Waals surface area contributed by atoms with Crippen LogP contribution in [0, 0.1) is 17.6 Å². The second kappa shape index (κ2) is 11.6. The van der Waals surface area contributed by atoms with E-state index in [0.717, 1.165) is 29.9 Å². The van der Waals surface area contributed by atoms with Gasteiger partial charge in [-0.3, -0.25) is 15.0 Å². The van der Waals surface area contributed by atoms with Crippen LogP contribution in [-0.2, 0) is 19.1 Å². The Morgan fingerprint density at radius 2 is 1.90 bits per heavy atom. The molecule has 1 saturated carbocycles. The number of aliphatic hydroxyl groups is 1. The molecule has 5 rings (SSSR count). The molecule has 4 aliphatic rings. The molecule has 3 aliphatic heterocycles. The van der Waals surface area contributed by atoms with Crippen LogP contribution in [0.25, 0.3) is 0 Å². The maximum absolute atomic E-state index is 15.1. The molecule has 224 valence electrons. The number of cyclic esters (lactones) is 1. The number of nitrogens with one attached hydrogen (secondary N) is 2. The van der Waals surface area contributed by atoms with E-state index in [4.69, 9.17) is 9.57 Å². The highest BCUT2D eigenvalue weighted by Crippen LogP contribution is 2.46. The summed E-state index contributed by atoms with van der Waals surface area (Å²) < 4.78 is 39.9. The highest BCUT2D eigenvalue weighted by molar-refractivity contribution is 5.91. The molecule has 41 heavy (non-hydrogen) atoms. The van der Waals surface area contributed by atoms with Crippen molar-refractivity contribution < 1.29 is 42.6 Å². The number of alkyl carbamates (subject to hydrolysis) is 1. The van der Waals surface area contributed by atoms with E-state index in [1.54, 1.807) is 4.90 Å². The molecule has 1 aromatic rings. The van der Waals surface area contributed by atoms with Gasteiger partial charge in [-0.2, -0.15) is 0 Å². The number of carbonyl (C=O) groups excluding carboxylic acids is 3.